The zero-order valence-corrected chi connectivity index (χ0v) is 12.4. The van der Waals surface area contributed by atoms with E-state index in [1.807, 2.05) is 0 Å². The maximum absolute atomic E-state index is 14.8. The van der Waals surface area contributed by atoms with Crippen LogP contribution >= 0.6 is 23.2 Å². The molecule has 2 aromatic rings. The Labute approximate surface area is 134 Å². The van der Waals surface area contributed by atoms with E-state index in [0.717, 1.165) is 12.1 Å². The predicted octanol–water partition coefficient (Wildman–Crippen LogP) is 5.19. The fourth-order valence-electron chi connectivity index (χ4n) is 2.12. The molecule has 114 valence electrons. The molecule has 0 saturated carbocycles. The lowest BCUT2D eigenvalue weighted by Gasteiger charge is -2.25. The highest BCUT2D eigenvalue weighted by atomic mass is 35.5. The normalized spacial score (nSPS) is 23.0. The van der Waals surface area contributed by atoms with Gasteiger partial charge in [0.1, 0.15) is 0 Å². The predicted molar refractivity (Wildman–Crippen MR) is 78.3 cm³/mol. The Kier molecular flexibility index (Phi) is 3.57. The van der Waals surface area contributed by atoms with Gasteiger partial charge in [0.15, 0.2) is 5.71 Å². The molecule has 1 atom stereocenters. The third-order valence-corrected chi connectivity index (χ3v) is 3.80. The summed E-state index contributed by atoms with van der Waals surface area (Å²) in [5, 5.41) is 3.93. The average molecular weight is 346 g/mol. The van der Waals surface area contributed by atoms with Crippen molar-refractivity contribution in [2.75, 3.05) is 0 Å². The number of hydrogen-bond donors (Lipinski definition) is 0. The minimum Gasteiger partial charge on any atom is -0.342 e. The zero-order chi connectivity index (χ0) is 16.0. The summed E-state index contributed by atoms with van der Waals surface area (Å²) in [7, 11) is 0. The van der Waals surface area contributed by atoms with E-state index in [1.165, 1.54) is 36.4 Å². The summed E-state index contributed by atoms with van der Waals surface area (Å²) in [5.74, 6) is -7.35. The summed E-state index contributed by atoms with van der Waals surface area (Å²) < 4.78 is 43.9. The monoisotopic (exact) mass is 345 g/mol. The van der Waals surface area contributed by atoms with Crippen LogP contribution in [0.2, 0.25) is 10.0 Å². The maximum Gasteiger partial charge on any atom is 0.368 e. The first-order chi connectivity index (χ1) is 10.3. The van der Waals surface area contributed by atoms with E-state index in [1.54, 1.807) is 0 Å². The highest BCUT2D eigenvalue weighted by Gasteiger charge is 2.67. The second-order valence-electron chi connectivity index (χ2n) is 4.71. The van der Waals surface area contributed by atoms with Crippen LogP contribution in [0, 0.1) is 0 Å². The van der Waals surface area contributed by atoms with E-state index in [2.05, 4.69) is 9.99 Å². The van der Waals surface area contributed by atoms with E-state index >= 15 is 0 Å². The van der Waals surface area contributed by atoms with Crippen molar-refractivity contribution in [3.8, 4) is 0 Å². The zero-order valence-electron chi connectivity index (χ0n) is 10.9. The quantitative estimate of drug-likeness (QED) is 0.734. The van der Waals surface area contributed by atoms with Gasteiger partial charge in [-0.1, -0.05) is 52.6 Å². The van der Waals surface area contributed by atoms with Gasteiger partial charge >= 0.3 is 11.8 Å². The molecular formula is C15H8Cl2F3NO. The number of hydrogen-bond acceptors (Lipinski definition) is 2. The van der Waals surface area contributed by atoms with Gasteiger partial charge in [0.25, 0.3) is 0 Å². The lowest BCUT2D eigenvalue weighted by molar-refractivity contribution is -0.236. The Hall–Kier alpha value is -1.72. The first-order valence-corrected chi connectivity index (χ1v) is 6.95. The van der Waals surface area contributed by atoms with Gasteiger partial charge in [-0.05, 0) is 24.3 Å². The fraction of sp³-hybridized carbons (Fsp3) is 0.133. The molecule has 0 spiro atoms. The third-order valence-electron chi connectivity index (χ3n) is 3.30. The first-order valence-electron chi connectivity index (χ1n) is 6.20. The molecule has 0 bridgehead atoms. The summed E-state index contributed by atoms with van der Waals surface area (Å²) >= 11 is 11.4. The molecule has 0 aliphatic carbocycles. The summed E-state index contributed by atoms with van der Waals surface area (Å²) in [5.41, 5.74) is -1.13. The van der Waals surface area contributed by atoms with Gasteiger partial charge in [0, 0.05) is 21.2 Å². The number of alkyl halides is 3. The number of rotatable bonds is 2. The van der Waals surface area contributed by atoms with Crippen molar-refractivity contribution in [2.45, 2.75) is 11.8 Å². The SMILES string of the molecule is FC1(F)C(c2ccc(Cl)cc2)=NOC1(F)c1ccc(Cl)cc1. The lowest BCUT2D eigenvalue weighted by atomic mass is 9.94. The summed E-state index contributed by atoms with van der Waals surface area (Å²) in [6.45, 7) is 0. The molecule has 1 aliphatic rings. The molecule has 1 unspecified atom stereocenters. The Morgan fingerprint density at radius 2 is 1.32 bits per heavy atom. The largest absolute Gasteiger partial charge is 0.368 e. The van der Waals surface area contributed by atoms with Crippen molar-refractivity contribution < 1.29 is 18.0 Å². The van der Waals surface area contributed by atoms with E-state index < -0.39 is 17.5 Å². The molecule has 0 fully saturated rings. The van der Waals surface area contributed by atoms with Crippen LogP contribution in [0.1, 0.15) is 11.1 Å². The molecule has 2 nitrogen and oxygen atoms in total. The van der Waals surface area contributed by atoms with Crippen LogP contribution in [0.25, 0.3) is 0 Å². The van der Waals surface area contributed by atoms with Gasteiger partial charge in [0.05, 0.1) is 0 Å². The summed E-state index contributed by atoms with van der Waals surface area (Å²) in [4.78, 5) is 4.47. The van der Waals surface area contributed by atoms with E-state index in [9.17, 15) is 13.2 Å². The van der Waals surface area contributed by atoms with Crippen LogP contribution < -0.4 is 0 Å². The Balaban J connectivity index is 2.01. The van der Waals surface area contributed by atoms with Gasteiger partial charge in [-0.15, -0.1) is 0 Å². The Morgan fingerprint density at radius 3 is 1.86 bits per heavy atom. The van der Waals surface area contributed by atoms with Crippen molar-refractivity contribution in [1.29, 1.82) is 0 Å². The fourth-order valence-corrected chi connectivity index (χ4v) is 2.37. The van der Waals surface area contributed by atoms with Gasteiger partial charge in [0.2, 0.25) is 0 Å². The Morgan fingerprint density at radius 1 is 0.818 bits per heavy atom. The standard InChI is InChI=1S/C15H8Cl2F3NO/c16-11-5-1-9(2-6-11)13-14(18,19)15(20,22-21-13)10-3-7-12(17)8-4-10/h1-8H. The molecule has 2 aromatic carbocycles. The first kappa shape index (κ1) is 15.2. The van der Waals surface area contributed by atoms with Crippen LogP contribution in [0.3, 0.4) is 0 Å². The molecule has 0 amide bonds. The lowest BCUT2D eigenvalue weighted by Crippen LogP contribution is -2.44. The van der Waals surface area contributed by atoms with Crippen LogP contribution in [-0.4, -0.2) is 11.6 Å². The van der Waals surface area contributed by atoms with Crippen LogP contribution in [0.4, 0.5) is 13.2 Å². The molecule has 0 aromatic heterocycles. The highest BCUT2D eigenvalue weighted by molar-refractivity contribution is 6.31. The van der Waals surface area contributed by atoms with Crippen molar-refractivity contribution >= 4 is 28.9 Å². The topological polar surface area (TPSA) is 21.6 Å². The van der Waals surface area contributed by atoms with Gasteiger partial charge in [-0.3, -0.25) is 0 Å². The number of halogens is 5. The molecule has 0 saturated heterocycles. The molecule has 22 heavy (non-hydrogen) atoms. The molecule has 1 heterocycles. The Bertz CT molecular complexity index is 731. The third kappa shape index (κ3) is 2.25. The maximum atomic E-state index is 14.8. The molecule has 1 aliphatic heterocycles. The number of benzene rings is 2. The average Bonchev–Trinajstić information content (AvgIpc) is 2.72. The minimum atomic E-state index is -3.96. The summed E-state index contributed by atoms with van der Waals surface area (Å²) in [6.07, 6.45) is 0. The number of oxime groups is 1. The van der Waals surface area contributed by atoms with Crippen molar-refractivity contribution in [1.82, 2.24) is 0 Å². The van der Waals surface area contributed by atoms with Gasteiger partial charge in [-0.2, -0.15) is 13.2 Å². The van der Waals surface area contributed by atoms with Crippen LogP contribution in [0.5, 0.6) is 0 Å². The second kappa shape index (κ2) is 5.18. The second-order valence-corrected chi connectivity index (χ2v) is 5.59. The van der Waals surface area contributed by atoms with Crippen molar-refractivity contribution in [2.24, 2.45) is 5.16 Å². The van der Waals surface area contributed by atoms with E-state index in [4.69, 9.17) is 23.2 Å². The molecule has 0 radical (unpaired) electrons. The smallest absolute Gasteiger partial charge is 0.342 e. The molecule has 0 N–H and O–H groups in total. The molecular weight excluding hydrogens is 338 g/mol. The van der Waals surface area contributed by atoms with Crippen molar-refractivity contribution in [3.63, 3.8) is 0 Å². The van der Waals surface area contributed by atoms with E-state index in [0.29, 0.717) is 10.0 Å². The molecule has 3 rings (SSSR count). The van der Waals surface area contributed by atoms with Crippen molar-refractivity contribution in [3.05, 3.63) is 69.7 Å². The van der Waals surface area contributed by atoms with Crippen LogP contribution in [0.15, 0.2) is 53.7 Å². The van der Waals surface area contributed by atoms with E-state index in [-0.39, 0.29) is 11.1 Å². The molecule has 7 heteroatoms. The highest BCUT2D eigenvalue weighted by Crippen LogP contribution is 2.49. The number of nitrogens with zero attached hydrogens (tertiary/aromatic N) is 1. The summed E-state index contributed by atoms with van der Waals surface area (Å²) in [6, 6.07) is 10.4. The van der Waals surface area contributed by atoms with Gasteiger partial charge in [-0.25, -0.2) is 0 Å². The van der Waals surface area contributed by atoms with Crippen LogP contribution in [-0.2, 0) is 10.7 Å². The van der Waals surface area contributed by atoms with Gasteiger partial charge < -0.3 is 4.84 Å². The minimum absolute atomic E-state index is 0.0305.